The van der Waals surface area contributed by atoms with Gasteiger partial charge in [-0.15, -0.1) is 6.58 Å². The van der Waals surface area contributed by atoms with E-state index in [9.17, 15) is 4.79 Å². The van der Waals surface area contributed by atoms with E-state index >= 15 is 0 Å². The molecule has 0 aliphatic carbocycles. The molecule has 1 aromatic carbocycles. The van der Waals surface area contributed by atoms with E-state index in [0.29, 0.717) is 29.5 Å². The minimum atomic E-state index is -0.347. The second-order valence-corrected chi connectivity index (χ2v) is 8.33. The molecular weight excluding hydrogens is 470 g/mol. The number of rotatable bonds is 11. The summed E-state index contributed by atoms with van der Waals surface area (Å²) >= 11 is 0. The maximum absolute atomic E-state index is 12.8. The molecule has 37 heavy (non-hydrogen) atoms. The van der Waals surface area contributed by atoms with Gasteiger partial charge in [-0.2, -0.15) is 9.97 Å². The third-order valence-electron chi connectivity index (χ3n) is 5.72. The van der Waals surface area contributed by atoms with E-state index < -0.39 is 0 Å². The second kappa shape index (κ2) is 12.5. The number of pyridine rings is 1. The first-order valence-electron chi connectivity index (χ1n) is 12.1. The zero-order valence-electron chi connectivity index (χ0n) is 20.7. The molecule has 1 aliphatic rings. The van der Waals surface area contributed by atoms with Gasteiger partial charge in [-0.25, -0.2) is 4.98 Å². The van der Waals surface area contributed by atoms with Crippen molar-refractivity contribution in [2.45, 2.75) is 18.9 Å². The van der Waals surface area contributed by atoms with Crippen molar-refractivity contribution < 1.29 is 9.53 Å². The molecule has 11 heteroatoms. The Bertz CT molecular complexity index is 1260. The van der Waals surface area contributed by atoms with Crippen molar-refractivity contribution in [1.29, 1.82) is 5.41 Å². The van der Waals surface area contributed by atoms with E-state index in [1.165, 1.54) is 12.4 Å². The predicted octanol–water partition coefficient (Wildman–Crippen LogP) is 3.44. The summed E-state index contributed by atoms with van der Waals surface area (Å²) in [6.07, 6.45) is 6.26. The van der Waals surface area contributed by atoms with Crippen LogP contribution in [0.5, 0.6) is 5.88 Å². The molecule has 6 N–H and O–H groups in total. The van der Waals surface area contributed by atoms with Crippen molar-refractivity contribution in [2.24, 2.45) is 0 Å². The van der Waals surface area contributed by atoms with Gasteiger partial charge in [0, 0.05) is 49.0 Å². The maximum atomic E-state index is 12.8. The van der Waals surface area contributed by atoms with Crippen molar-refractivity contribution in [3.05, 3.63) is 66.4 Å². The first-order chi connectivity index (χ1) is 18.1. The van der Waals surface area contributed by atoms with Gasteiger partial charge in [0.1, 0.15) is 23.3 Å². The van der Waals surface area contributed by atoms with Crippen LogP contribution >= 0.6 is 0 Å². The number of benzene rings is 1. The van der Waals surface area contributed by atoms with E-state index in [-0.39, 0.29) is 29.3 Å². The molecule has 11 nitrogen and oxygen atoms in total. The SMILES string of the molecule is C=CCNC(=O)c1cnc(Nc2ccc(NC)c(C=N)c2)nc1Nc1cccc(OC2CCNCC2)n1. The van der Waals surface area contributed by atoms with Crippen LogP contribution in [0.15, 0.2) is 55.3 Å². The fourth-order valence-corrected chi connectivity index (χ4v) is 3.84. The van der Waals surface area contributed by atoms with Crippen molar-refractivity contribution in [3.8, 4) is 5.88 Å². The van der Waals surface area contributed by atoms with Crippen LogP contribution in [-0.4, -0.2) is 59.9 Å². The van der Waals surface area contributed by atoms with Crippen LogP contribution in [0, 0.1) is 5.41 Å². The Labute approximate surface area is 215 Å². The standard InChI is InChI=1S/C26H31N9O2/c1-3-11-30-25(36)20-16-31-26(32-18-7-8-21(28-2)17(14-18)15-27)35-24(20)34-22-5-4-6-23(33-22)37-19-9-12-29-13-10-19/h3-8,14-16,19,27-29H,1,9-13H2,2H3,(H,30,36)(H2,31,32,33,34,35). The highest BCUT2D eigenvalue weighted by Crippen LogP contribution is 2.24. The second-order valence-electron chi connectivity index (χ2n) is 8.33. The molecule has 1 saturated heterocycles. The highest BCUT2D eigenvalue weighted by molar-refractivity contribution is 5.99. The van der Waals surface area contributed by atoms with Crippen LogP contribution in [0.1, 0.15) is 28.8 Å². The molecule has 192 valence electrons. The van der Waals surface area contributed by atoms with Gasteiger partial charge in [0.25, 0.3) is 5.91 Å². The van der Waals surface area contributed by atoms with Gasteiger partial charge in [-0.3, -0.25) is 4.79 Å². The Morgan fingerprint density at radius 2 is 2.05 bits per heavy atom. The maximum Gasteiger partial charge on any atom is 0.256 e. The molecule has 0 saturated carbocycles. The number of amides is 1. The van der Waals surface area contributed by atoms with Gasteiger partial charge in [-0.1, -0.05) is 12.1 Å². The number of hydrogen-bond acceptors (Lipinski definition) is 10. The summed E-state index contributed by atoms with van der Waals surface area (Å²) in [6.45, 7) is 5.78. The number of carbonyl (C=O) groups excluding carboxylic acids is 1. The lowest BCUT2D eigenvalue weighted by molar-refractivity contribution is 0.0958. The average Bonchev–Trinajstić information content (AvgIpc) is 2.92. The number of hydrogen-bond donors (Lipinski definition) is 6. The minimum Gasteiger partial charge on any atom is -0.474 e. The van der Waals surface area contributed by atoms with Crippen molar-refractivity contribution in [3.63, 3.8) is 0 Å². The summed E-state index contributed by atoms with van der Waals surface area (Å²) in [4.78, 5) is 26.2. The van der Waals surface area contributed by atoms with Crippen LogP contribution in [0.3, 0.4) is 0 Å². The van der Waals surface area contributed by atoms with E-state index in [1.807, 2.05) is 30.3 Å². The molecule has 1 amide bonds. The van der Waals surface area contributed by atoms with Crippen LogP contribution in [-0.2, 0) is 0 Å². The molecule has 2 aromatic heterocycles. The monoisotopic (exact) mass is 501 g/mol. The van der Waals surface area contributed by atoms with Gasteiger partial charge in [0.05, 0.1) is 0 Å². The zero-order valence-corrected chi connectivity index (χ0v) is 20.7. The fourth-order valence-electron chi connectivity index (χ4n) is 3.84. The van der Waals surface area contributed by atoms with E-state index in [0.717, 1.165) is 31.6 Å². The van der Waals surface area contributed by atoms with E-state index in [1.54, 1.807) is 19.2 Å². The molecule has 4 rings (SSSR count). The van der Waals surface area contributed by atoms with Gasteiger partial charge >= 0.3 is 0 Å². The number of aromatic nitrogens is 3. The molecule has 0 radical (unpaired) electrons. The van der Waals surface area contributed by atoms with Crippen LogP contribution in [0.2, 0.25) is 0 Å². The molecule has 0 bridgehead atoms. The Hall–Kier alpha value is -4.51. The molecule has 1 fully saturated rings. The first-order valence-corrected chi connectivity index (χ1v) is 12.1. The highest BCUT2D eigenvalue weighted by Gasteiger charge is 2.18. The van der Waals surface area contributed by atoms with Crippen LogP contribution in [0.4, 0.5) is 29.0 Å². The summed E-state index contributed by atoms with van der Waals surface area (Å²) in [5.74, 6) is 1.20. The number of ether oxygens (including phenoxy) is 1. The first kappa shape index (κ1) is 25.6. The number of piperidine rings is 1. The summed E-state index contributed by atoms with van der Waals surface area (Å²) < 4.78 is 6.06. The van der Waals surface area contributed by atoms with Gasteiger partial charge in [0.15, 0.2) is 0 Å². The smallest absolute Gasteiger partial charge is 0.256 e. The molecule has 0 spiro atoms. The molecule has 0 atom stereocenters. The molecule has 3 aromatic rings. The third kappa shape index (κ3) is 6.79. The number of anilines is 5. The molecule has 0 unspecified atom stereocenters. The van der Waals surface area contributed by atoms with Crippen molar-refractivity contribution >= 4 is 41.1 Å². The average molecular weight is 502 g/mol. The van der Waals surface area contributed by atoms with E-state index in [4.69, 9.17) is 10.1 Å². The summed E-state index contributed by atoms with van der Waals surface area (Å²) in [7, 11) is 1.80. The fraction of sp³-hybridized carbons (Fsp3) is 0.269. The Balaban J connectivity index is 1.59. The van der Waals surface area contributed by atoms with Gasteiger partial charge in [0.2, 0.25) is 11.8 Å². The van der Waals surface area contributed by atoms with Gasteiger partial charge < -0.3 is 36.7 Å². The lowest BCUT2D eigenvalue weighted by atomic mass is 10.1. The Kier molecular flexibility index (Phi) is 8.61. The Morgan fingerprint density at radius 3 is 2.81 bits per heavy atom. The molecule has 3 heterocycles. The van der Waals surface area contributed by atoms with Crippen LogP contribution in [0.25, 0.3) is 0 Å². The Morgan fingerprint density at radius 1 is 1.22 bits per heavy atom. The summed E-state index contributed by atoms with van der Waals surface area (Å²) in [6, 6.07) is 10.9. The summed E-state index contributed by atoms with van der Waals surface area (Å²) in [5.41, 5.74) is 2.49. The zero-order chi connectivity index (χ0) is 26.0. The van der Waals surface area contributed by atoms with Gasteiger partial charge in [-0.05, 0) is 50.2 Å². The summed E-state index contributed by atoms with van der Waals surface area (Å²) in [5, 5.41) is 23.1. The number of nitrogens with zero attached hydrogens (tertiary/aromatic N) is 3. The molecule has 1 aliphatic heterocycles. The molecular formula is C26H31N9O2. The number of nitrogens with one attached hydrogen (secondary N) is 6. The predicted molar refractivity (Wildman–Crippen MR) is 146 cm³/mol. The van der Waals surface area contributed by atoms with Crippen molar-refractivity contribution in [2.75, 3.05) is 42.6 Å². The topological polar surface area (TPSA) is 149 Å². The van der Waals surface area contributed by atoms with E-state index in [2.05, 4.69) is 48.1 Å². The quantitative estimate of drug-likeness (QED) is 0.172. The normalized spacial score (nSPS) is 13.3. The third-order valence-corrected chi connectivity index (χ3v) is 5.72. The van der Waals surface area contributed by atoms with Crippen molar-refractivity contribution in [1.82, 2.24) is 25.6 Å². The largest absolute Gasteiger partial charge is 0.474 e. The minimum absolute atomic E-state index is 0.110. The lowest BCUT2D eigenvalue weighted by Crippen LogP contribution is -2.34. The number of carbonyl (C=O) groups is 1. The van der Waals surface area contributed by atoms with Crippen LogP contribution < -0.4 is 31.3 Å². The lowest BCUT2D eigenvalue weighted by Gasteiger charge is -2.23. The highest BCUT2D eigenvalue weighted by atomic mass is 16.5.